The number of carbonyl (C=O) groups is 1. The maximum atomic E-state index is 12.8. The number of halogens is 1. The Balaban J connectivity index is 2.10. The molecule has 1 aromatic rings. The molecular formula is C11H12FNO2. The van der Waals surface area contributed by atoms with Gasteiger partial charge in [0.25, 0.3) is 5.91 Å². The summed E-state index contributed by atoms with van der Waals surface area (Å²) in [4.78, 5) is 11.7. The topological polar surface area (TPSA) is 38.3 Å². The summed E-state index contributed by atoms with van der Waals surface area (Å²) < 4.78 is 17.7. The second kappa shape index (κ2) is 3.98. The van der Waals surface area contributed by atoms with Crippen LogP contribution in [0.3, 0.4) is 0 Å². The second-order valence-corrected chi connectivity index (χ2v) is 3.67. The van der Waals surface area contributed by atoms with Crippen molar-refractivity contribution in [2.75, 3.05) is 13.2 Å². The van der Waals surface area contributed by atoms with Crippen LogP contribution in [0, 0.1) is 12.7 Å². The van der Waals surface area contributed by atoms with Crippen molar-refractivity contribution in [1.29, 1.82) is 0 Å². The highest BCUT2D eigenvalue weighted by molar-refractivity contribution is 5.95. The number of hydrogen-bond acceptors (Lipinski definition) is 2. The monoisotopic (exact) mass is 209 g/mol. The van der Waals surface area contributed by atoms with Crippen LogP contribution in [-0.2, 0) is 4.74 Å². The van der Waals surface area contributed by atoms with Gasteiger partial charge in [-0.3, -0.25) is 4.79 Å². The quantitative estimate of drug-likeness (QED) is 0.796. The highest BCUT2D eigenvalue weighted by atomic mass is 19.1. The molecule has 0 aromatic heterocycles. The van der Waals surface area contributed by atoms with Crippen LogP contribution in [0.5, 0.6) is 0 Å². The number of benzene rings is 1. The molecule has 2 rings (SSSR count). The lowest BCUT2D eigenvalue weighted by molar-refractivity contribution is -0.00347. The van der Waals surface area contributed by atoms with E-state index >= 15 is 0 Å². The summed E-state index contributed by atoms with van der Waals surface area (Å²) >= 11 is 0. The highest BCUT2D eigenvalue weighted by Gasteiger charge is 2.21. The number of nitrogens with one attached hydrogen (secondary N) is 1. The van der Waals surface area contributed by atoms with Crippen LogP contribution >= 0.6 is 0 Å². The number of carbonyl (C=O) groups excluding carboxylic acids is 1. The SMILES string of the molecule is Cc1cc(F)ccc1C(=O)NC1COC1. The van der Waals surface area contributed by atoms with Crippen LogP contribution in [0.2, 0.25) is 0 Å². The van der Waals surface area contributed by atoms with Crippen molar-refractivity contribution in [2.45, 2.75) is 13.0 Å². The van der Waals surface area contributed by atoms with Gasteiger partial charge in [-0.05, 0) is 30.7 Å². The molecule has 1 fully saturated rings. The van der Waals surface area contributed by atoms with Gasteiger partial charge in [0.2, 0.25) is 0 Å². The van der Waals surface area contributed by atoms with Gasteiger partial charge in [0.1, 0.15) is 5.82 Å². The Hall–Kier alpha value is -1.42. The van der Waals surface area contributed by atoms with E-state index in [1.54, 1.807) is 6.92 Å². The van der Waals surface area contributed by atoms with Gasteiger partial charge in [0.15, 0.2) is 0 Å². The molecule has 1 amide bonds. The number of rotatable bonds is 2. The molecule has 0 aliphatic carbocycles. The smallest absolute Gasteiger partial charge is 0.251 e. The standard InChI is InChI=1S/C11H12FNO2/c1-7-4-8(12)2-3-10(7)11(14)13-9-5-15-6-9/h2-4,9H,5-6H2,1H3,(H,13,14). The lowest BCUT2D eigenvalue weighted by Crippen LogP contribution is -2.48. The van der Waals surface area contributed by atoms with Crippen LogP contribution < -0.4 is 5.32 Å². The Bertz CT molecular complexity index is 388. The van der Waals surface area contributed by atoms with E-state index in [1.807, 2.05) is 0 Å². The second-order valence-electron chi connectivity index (χ2n) is 3.67. The molecule has 0 spiro atoms. The van der Waals surface area contributed by atoms with Gasteiger partial charge >= 0.3 is 0 Å². The third-order valence-corrected chi connectivity index (χ3v) is 2.41. The van der Waals surface area contributed by atoms with Crippen molar-refractivity contribution < 1.29 is 13.9 Å². The number of hydrogen-bond donors (Lipinski definition) is 1. The first-order valence-corrected chi connectivity index (χ1v) is 4.81. The van der Waals surface area contributed by atoms with E-state index < -0.39 is 0 Å². The van der Waals surface area contributed by atoms with E-state index in [2.05, 4.69) is 5.32 Å². The van der Waals surface area contributed by atoms with Gasteiger partial charge in [-0.25, -0.2) is 4.39 Å². The molecule has 1 aliphatic rings. The Labute approximate surface area is 87.2 Å². The molecule has 3 nitrogen and oxygen atoms in total. The zero-order chi connectivity index (χ0) is 10.8. The summed E-state index contributed by atoms with van der Waals surface area (Å²) in [6, 6.07) is 4.24. The molecule has 1 aliphatic heterocycles. The molecule has 0 atom stereocenters. The molecule has 1 aromatic carbocycles. The molecule has 0 saturated carbocycles. The molecule has 1 saturated heterocycles. The minimum absolute atomic E-state index is 0.0990. The van der Waals surface area contributed by atoms with E-state index in [4.69, 9.17) is 4.74 Å². The molecular weight excluding hydrogens is 197 g/mol. The minimum atomic E-state index is -0.323. The molecule has 1 N–H and O–H groups in total. The van der Waals surface area contributed by atoms with Crippen molar-refractivity contribution in [3.8, 4) is 0 Å². The van der Waals surface area contributed by atoms with Gasteiger partial charge in [0, 0.05) is 5.56 Å². The first-order valence-electron chi connectivity index (χ1n) is 4.81. The van der Waals surface area contributed by atoms with E-state index in [1.165, 1.54) is 18.2 Å². The predicted octanol–water partition coefficient (Wildman–Crippen LogP) is 1.26. The summed E-state index contributed by atoms with van der Waals surface area (Å²) in [5, 5.41) is 2.81. The normalized spacial score (nSPS) is 15.9. The maximum absolute atomic E-state index is 12.8. The maximum Gasteiger partial charge on any atom is 0.251 e. The van der Waals surface area contributed by atoms with Crippen molar-refractivity contribution in [3.05, 3.63) is 35.1 Å². The van der Waals surface area contributed by atoms with Crippen molar-refractivity contribution in [1.82, 2.24) is 5.32 Å². The van der Waals surface area contributed by atoms with Gasteiger partial charge in [-0.15, -0.1) is 0 Å². The lowest BCUT2D eigenvalue weighted by atomic mass is 10.1. The van der Waals surface area contributed by atoms with Crippen LogP contribution in [0.25, 0.3) is 0 Å². The molecule has 15 heavy (non-hydrogen) atoms. The molecule has 80 valence electrons. The van der Waals surface area contributed by atoms with Crippen LogP contribution in [-0.4, -0.2) is 25.2 Å². The first kappa shape index (κ1) is 10.1. The third kappa shape index (κ3) is 2.15. The van der Waals surface area contributed by atoms with Crippen LogP contribution in [0.15, 0.2) is 18.2 Å². The number of ether oxygens (including phenoxy) is 1. The first-order chi connectivity index (χ1) is 7.16. The molecule has 0 bridgehead atoms. The average Bonchev–Trinajstić information content (AvgIpc) is 2.11. The predicted molar refractivity (Wildman–Crippen MR) is 53.2 cm³/mol. The fraction of sp³-hybridized carbons (Fsp3) is 0.364. The molecule has 0 unspecified atom stereocenters. The van der Waals surface area contributed by atoms with E-state index in [0.717, 1.165) is 0 Å². The van der Waals surface area contributed by atoms with Gasteiger partial charge in [-0.2, -0.15) is 0 Å². The third-order valence-electron chi connectivity index (χ3n) is 2.41. The average molecular weight is 209 g/mol. The Morgan fingerprint density at radius 2 is 2.27 bits per heavy atom. The van der Waals surface area contributed by atoms with Crippen molar-refractivity contribution in [3.63, 3.8) is 0 Å². The summed E-state index contributed by atoms with van der Waals surface area (Å²) in [7, 11) is 0. The molecule has 0 radical (unpaired) electrons. The van der Waals surface area contributed by atoms with E-state index in [-0.39, 0.29) is 17.8 Å². The zero-order valence-electron chi connectivity index (χ0n) is 8.42. The largest absolute Gasteiger partial charge is 0.377 e. The Morgan fingerprint density at radius 3 is 2.80 bits per heavy atom. The van der Waals surface area contributed by atoms with Gasteiger partial charge < -0.3 is 10.1 Å². The summed E-state index contributed by atoms with van der Waals surface area (Å²) in [5.41, 5.74) is 1.16. The molecule has 4 heteroatoms. The van der Waals surface area contributed by atoms with Gasteiger partial charge in [0.05, 0.1) is 19.3 Å². The van der Waals surface area contributed by atoms with Crippen molar-refractivity contribution >= 4 is 5.91 Å². The fourth-order valence-electron chi connectivity index (χ4n) is 1.46. The fourth-order valence-corrected chi connectivity index (χ4v) is 1.46. The van der Waals surface area contributed by atoms with E-state index in [9.17, 15) is 9.18 Å². The number of aryl methyl sites for hydroxylation is 1. The number of amides is 1. The highest BCUT2D eigenvalue weighted by Crippen LogP contribution is 2.11. The van der Waals surface area contributed by atoms with Crippen LogP contribution in [0.4, 0.5) is 4.39 Å². The summed E-state index contributed by atoms with van der Waals surface area (Å²) in [6.45, 7) is 2.84. The van der Waals surface area contributed by atoms with Crippen molar-refractivity contribution in [2.24, 2.45) is 0 Å². The lowest BCUT2D eigenvalue weighted by Gasteiger charge is -2.27. The Kier molecular flexibility index (Phi) is 2.68. The molecule has 1 heterocycles. The Morgan fingerprint density at radius 1 is 1.53 bits per heavy atom. The zero-order valence-corrected chi connectivity index (χ0v) is 8.42. The van der Waals surface area contributed by atoms with E-state index in [0.29, 0.717) is 24.3 Å². The summed E-state index contributed by atoms with van der Waals surface area (Å²) in [5.74, 6) is -0.489. The van der Waals surface area contributed by atoms with Crippen LogP contribution in [0.1, 0.15) is 15.9 Å². The van der Waals surface area contributed by atoms with Gasteiger partial charge in [-0.1, -0.05) is 0 Å². The minimum Gasteiger partial charge on any atom is -0.377 e. The summed E-state index contributed by atoms with van der Waals surface area (Å²) in [6.07, 6.45) is 0.